The average molecular weight is 269 g/mol. The van der Waals surface area contributed by atoms with Crippen LogP contribution in [0.4, 0.5) is 13.2 Å². The molecule has 2 atom stereocenters. The van der Waals surface area contributed by atoms with Gasteiger partial charge in [-0.3, -0.25) is 15.1 Å². The topological polar surface area (TPSA) is 67.6 Å². The molecule has 3 N–H and O–H groups in total. The Morgan fingerprint density at radius 3 is 2.78 bits per heavy atom. The summed E-state index contributed by atoms with van der Waals surface area (Å²) in [6.45, 7) is 0.270. The number of hydrogen-bond acceptors (Lipinski definition) is 4. The summed E-state index contributed by atoms with van der Waals surface area (Å²) in [6.07, 6.45) is -3.72. The predicted octanol–water partition coefficient (Wildman–Crippen LogP) is 0.266. The second-order valence-corrected chi connectivity index (χ2v) is 4.36. The smallest absolute Gasteiger partial charge is 0.383 e. The van der Waals surface area contributed by atoms with Crippen molar-refractivity contribution in [2.45, 2.75) is 25.1 Å². The van der Waals surface area contributed by atoms with E-state index in [1.165, 1.54) is 12.0 Å². The van der Waals surface area contributed by atoms with Crippen molar-refractivity contribution in [3.63, 3.8) is 0 Å². The van der Waals surface area contributed by atoms with Crippen LogP contribution in [0.5, 0.6) is 0 Å². The monoisotopic (exact) mass is 269 g/mol. The number of carbonyl (C=O) groups excluding carboxylic acids is 1. The van der Waals surface area contributed by atoms with Crippen LogP contribution in [0, 0.1) is 5.92 Å². The third kappa shape index (κ3) is 3.82. The number of halogens is 3. The number of nitrogens with zero attached hydrogens (tertiary/aromatic N) is 1. The molecule has 0 saturated carbocycles. The van der Waals surface area contributed by atoms with E-state index in [1.54, 1.807) is 0 Å². The van der Waals surface area contributed by atoms with Crippen molar-refractivity contribution in [2.24, 2.45) is 11.8 Å². The first-order chi connectivity index (χ1) is 8.40. The highest BCUT2D eigenvalue weighted by molar-refractivity contribution is 5.81. The van der Waals surface area contributed by atoms with Crippen molar-refractivity contribution in [1.82, 2.24) is 10.3 Å². The lowest BCUT2D eigenvalue weighted by Gasteiger charge is -2.37. The molecule has 1 rings (SSSR count). The van der Waals surface area contributed by atoms with Gasteiger partial charge in [-0.2, -0.15) is 13.2 Å². The second-order valence-electron chi connectivity index (χ2n) is 4.36. The molecule has 0 aromatic heterocycles. The molecule has 0 spiro atoms. The number of amides is 1. The van der Waals surface area contributed by atoms with Gasteiger partial charge >= 0.3 is 6.18 Å². The molecule has 1 amide bonds. The lowest BCUT2D eigenvalue weighted by molar-refractivity contribution is -0.190. The van der Waals surface area contributed by atoms with Gasteiger partial charge in [0.05, 0.1) is 12.5 Å². The quantitative estimate of drug-likeness (QED) is 0.436. The largest absolute Gasteiger partial charge is 0.393 e. The summed E-state index contributed by atoms with van der Waals surface area (Å²) >= 11 is 0. The van der Waals surface area contributed by atoms with E-state index in [4.69, 9.17) is 10.6 Å². The van der Waals surface area contributed by atoms with Crippen LogP contribution in [0.1, 0.15) is 12.8 Å². The predicted molar refractivity (Wildman–Crippen MR) is 58.3 cm³/mol. The van der Waals surface area contributed by atoms with Crippen LogP contribution in [0.2, 0.25) is 0 Å². The van der Waals surface area contributed by atoms with Gasteiger partial charge in [-0.15, -0.1) is 0 Å². The summed E-state index contributed by atoms with van der Waals surface area (Å²) in [6, 6.07) is -0.773. The number of hydrogen-bond donors (Lipinski definition) is 2. The number of ether oxygens (including phenoxy) is 1. The molecule has 1 heterocycles. The van der Waals surface area contributed by atoms with Crippen molar-refractivity contribution in [1.29, 1.82) is 0 Å². The lowest BCUT2D eigenvalue weighted by atomic mass is 9.96. The van der Waals surface area contributed by atoms with E-state index in [-0.39, 0.29) is 19.6 Å². The van der Waals surface area contributed by atoms with Crippen LogP contribution < -0.4 is 11.3 Å². The Morgan fingerprint density at radius 1 is 1.61 bits per heavy atom. The number of nitrogens with one attached hydrogen (secondary N) is 1. The van der Waals surface area contributed by atoms with E-state index in [9.17, 15) is 18.0 Å². The van der Waals surface area contributed by atoms with Gasteiger partial charge in [-0.1, -0.05) is 0 Å². The minimum Gasteiger partial charge on any atom is -0.383 e. The molecule has 0 aromatic carbocycles. The fourth-order valence-electron chi connectivity index (χ4n) is 2.16. The van der Waals surface area contributed by atoms with Crippen molar-refractivity contribution < 1.29 is 22.7 Å². The maximum atomic E-state index is 12.7. The number of nitrogens with two attached hydrogens (primary N) is 1. The molecule has 1 saturated heterocycles. The molecule has 0 aromatic rings. The van der Waals surface area contributed by atoms with Crippen LogP contribution in [0.25, 0.3) is 0 Å². The van der Waals surface area contributed by atoms with E-state index in [1.807, 2.05) is 5.43 Å². The van der Waals surface area contributed by atoms with Gasteiger partial charge in [0.1, 0.15) is 6.04 Å². The first kappa shape index (κ1) is 15.2. The number of rotatable bonds is 4. The van der Waals surface area contributed by atoms with E-state index >= 15 is 0 Å². The summed E-state index contributed by atoms with van der Waals surface area (Å²) in [5.74, 6) is 3.11. The molecule has 0 aliphatic carbocycles. The first-order valence-corrected chi connectivity index (χ1v) is 5.70. The van der Waals surface area contributed by atoms with Gasteiger partial charge in [0.2, 0.25) is 0 Å². The molecule has 18 heavy (non-hydrogen) atoms. The molecule has 1 aliphatic heterocycles. The van der Waals surface area contributed by atoms with Crippen molar-refractivity contribution in [2.75, 3.05) is 26.8 Å². The van der Waals surface area contributed by atoms with Gasteiger partial charge in [0.25, 0.3) is 5.91 Å². The molecule has 106 valence electrons. The van der Waals surface area contributed by atoms with Gasteiger partial charge in [-0.05, 0) is 19.4 Å². The normalized spacial score (nSPS) is 23.7. The van der Waals surface area contributed by atoms with Crippen LogP contribution in [-0.4, -0.2) is 49.8 Å². The van der Waals surface area contributed by atoms with E-state index in [0.717, 1.165) is 0 Å². The van der Waals surface area contributed by atoms with Crippen LogP contribution >= 0.6 is 0 Å². The molecule has 5 nitrogen and oxygen atoms in total. The van der Waals surface area contributed by atoms with E-state index in [0.29, 0.717) is 13.0 Å². The van der Waals surface area contributed by atoms with E-state index in [2.05, 4.69) is 0 Å². The Morgan fingerprint density at radius 2 is 2.28 bits per heavy atom. The third-order valence-electron chi connectivity index (χ3n) is 3.13. The molecule has 0 bridgehead atoms. The van der Waals surface area contributed by atoms with Crippen LogP contribution in [-0.2, 0) is 9.53 Å². The molecule has 8 heteroatoms. The standard InChI is InChI=1S/C10H18F3N3O2/c1-18-6-8(9(17)15-14)16-4-2-3-7(5-16)10(11,12)13/h7-8H,2-6,14H2,1H3,(H,15,17). The maximum Gasteiger partial charge on any atom is 0.393 e. The van der Waals surface area contributed by atoms with Crippen LogP contribution in [0.15, 0.2) is 0 Å². The van der Waals surface area contributed by atoms with Gasteiger partial charge < -0.3 is 4.74 Å². The third-order valence-corrected chi connectivity index (χ3v) is 3.13. The summed E-state index contributed by atoms with van der Waals surface area (Å²) in [4.78, 5) is 13.0. The van der Waals surface area contributed by atoms with E-state index < -0.39 is 24.0 Å². The maximum absolute atomic E-state index is 12.7. The zero-order valence-corrected chi connectivity index (χ0v) is 10.2. The van der Waals surface area contributed by atoms with Gasteiger partial charge in [0.15, 0.2) is 0 Å². The van der Waals surface area contributed by atoms with Crippen LogP contribution in [0.3, 0.4) is 0 Å². The Hall–Kier alpha value is -0.860. The number of piperidine rings is 1. The number of hydrazine groups is 1. The Labute approximate surface area is 103 Å². The molecular weight excluding hydrogens is 251 g/mol. The highest BCUT2D eigenvalue weighted by Crippen LogP contribution is 2.33. The number of alkyl halides is 3. The summed E-state index contributed by atoms with van der Waals surface area (Å²) < 4.78 is 42.9. The number of likely N-dealkylation sites (tertiary alicyclic amines) is 1. The van der Waals surface area contributed by atoms with Crippen molar-refractivity contribution in [3.8, 4) is 0 Å². The Bertz CT molecular complexity index is 286. The molecular formula is C10H18F3N3O2. The zero-order chi connectivity index (χ0) is 13.8. The Kier molecular flexibility index (Phi) is 5.36. The van der Waals surface area contributed by atoms with Crippen molar-refractivity contribution in [3.05, 3.63) is 0 Å². The fourth-order valence-corrected chi connectivity index (χ4v) is 2.16. The minimum atomic E-state index is -4.23. The summed E-state index contributed by atoms with van der Waals surface area (Å²) in [5, 5.41) is 0. The lowest BCUT2D eigenvalue weighted by Crippen LogP contribution is -2.55. The number of carbonyl (C=O) groups is 1. The average Bonchev–Trinajstić information content (AvgIpc) is 2.34. The zero-order valence-electron chi connectivity index (χ0n) is 10.2. The molecule has 1 aliphatic rings. The van der Waals surface area contributed by atoms with Crippen molar-refractivity contribution >= 4 is 5.91 Å². The summed E-state index contributed by atoms with van der Waals surface area (Å²) in [7, 11) is 1.39. The van der Waals surface area contributed by atoms with Gasteiger partial charge in [-0.25, -0.2) is 5.84 Å². The molecule has 1 fully saturated rings. The highest BCUT2D eigenvalue weighted by Gasteiger charge is 2.43. The second kappa shape index (κ2) is 6.35. The first-order valence-electron chi connectivity index (χ1n) is 5.70. The molecule has 2 unspecified atom stereocenters. The minimum absolute atomic E-state index is 0.0214. The highest BCUT2D eigenvalue weighted by atomic mass is 19.4. The van der Waals surface area contributed by atoms with Gasteiger partial charge in [0, 0.05) is 13.7 Å². The fraction of sp³-hybridized carbons (Fsp3) is 0.900. The summed E-state index contributed by atoms with van der Waals surface area (Å²) in [5.41, 5.74) is 1.96. The molecule has 0 radical (unpaired) electrons. The number of methoxy groups -OCH3 is 1. The Balaban J connectivity index is 2.70. The SMILES string of the molecule is COCC(C(=O)NN)N1CCCC(C(F)(F)F)C1.